The van der Waals surface area contributed by atoms with Crippen LogP contribution in [0.3, 0.4) is 0 Å². The van der Waals surface area contributed by atoms with Crippen LogP contribution in [-0.4, -0.2) is 36.7 Å². The predicted molar refractivity (Wildman–Crippen MR) is 80.6 cm³/mol. The molecule has 104 valence electrons. The first-order valence-electron chi connectivity index (χ1n) is 5.88. The van der Waals surface area contributed by atoms with Crippen LogP contribution in [0.2, 0.25) is 0 Å². The van der Waals surface area contributed by atoms with Gasteiger partial charge in [-0.25, -0.2) is 9.97 Å². The maximum Gasteiger partial charge on any atom is 0.187 e. The molecule has 0 bridgehead atoms. The second kappa shape index (κ2) is 6.91. The van der Waals surface area contributed by atoms with Gasteiger partial charge in [0, 0.05) is 42.4 Å². The molecule has 1 aromatic carbocycles. The van der Waals surface area contributed by atoms with E-state index in [0.717, 1.165) is 16.4 Å². The summed E-state index contributed by atoms with van der Waals surface area (Å²) in [5.41, 5.74) is 1.58. The minimum Gasteiger partial charge on any atom is -0.497 e. The van der Waals surface area contributed by atoms with Crippen LogP contribution in [0.15, 0.2) is 40.7 Å². The van der Waals surface area contributed by atoms with Crippen LogP contribution < -0.4 is 9.47 Å². The van der Waals surface area contributed by atoms with Crippen molar-refractivity contribution in [2.75, 3.05) is 20.5 Å². The van der Waals surface area contributed by atoms with Crippen LogP contribution in [0.25, 0.3) is 0 Å². The van der Waals surface area contributed by atoms with Crippen molar-refractivity contribution in [3.05, 3.63) is 36.2 Å². The second-order valence-electron chi connectivity index (χ2n) is 3.83. The monoisotopic (exact) mass is 289 g/mol. The molecule has 0 amide bonds. The topological polar surface area (TPSA) is 56.6 Å². The van der Waals surface area contributed by atoms with Crippen LogP contribution in [0, 0.1) is 0 Å². The normalized spacial score (nSPS) is 10.8. The first kappa shape index (κ1) is 14.3. The molecule has 0 fully saturated rings. The minimum atomic E-state index is 0.700. The number of aliphatic imine (C=N–C) groups is 1. The lowest BCUT2D eigenvalue weighted by Gasteiger charge is -2.05. The van der Waals surface area contributed by atoms with Crippen molar-refractivity contribution < 1.29 is 9.47 Å². The van der Waals surface area contributed by atoms with E-state index in [1.54, 1.807) is 38.9 Å². The van der Waals surface area contributed by atoms with Gasteiger partial charge in [0.15, 0.2) is 5.16 Å². The Bertz CT molecular complexity index is 578. The fraction of sp³-hybridized carbons (Fsp3) is 0.214. The molecule has 2 aromatic rings. The fourth-order valence-corrected chi connectivity index (χ4v) is 1.83. The number of hydrogen-bond donors (Lipinski definition) is 0. The Morgan fingerprint density at radius 2 is 1.65 bits per heavy atom. The Labute approximate surface area is 122 Å². The summed E-state index contributed by atoms with van der Waals surface area (Å²) in [5, 5.41) is 0.741. The molecular weight excluding hydrogens is 274 g/mol. The van der Waals surface area contributed by atoms with Crippen molar-refractivity contribution in [3.63, 3.8) is 0 Å². The van der Waals surface area contributed by atoms with Gasteiger partial charge in [-0.15, -0.1) is 0 Å². The standard InChI is InChI=1S/C14H15N3O2S/c1-18-12-4-11(5-13(6-12)19-2)15-7-10-8-16-14(20-3)17-9-10/h4-9H,1-3H3. The average molecular weight is 289 g/mol. The molecule has 0 atom stereocenters. The van der Waals surface area contributed by atoms with Crippen molar-refractivity contribution in [2.45, 2.75) is 5.16 Å². The van der Waals surface area contributed by atoms with E-state index in [2.05, 4.69) is 15.0 Å². The Morgan fingerprint density at radius 3 is 2.15 bits per heavy atom. The lowest BCUT2D eigenvalue weighted by Crippen LogP contribution is -1.89. The van der Waals surface area contributed by atoms with Gasteiger partial charge >= 0.3 is 0 Å². The van der Waals surface area contributed by atoms with Crippen molar-refractivity contribution in [3.8, 4) is 11.5 Å². The highest BCUT2D eigenvalue weighted by molar-refractivity contribution is 7.98. The zero-order chi connectivity index (χ0) is 14.4. The fourth-order valence-electron chi connectivity index (χ4n) is 1.51. The highest BCUT2D eigenvalue weighted by Crippen LogP contribution is 2.27. The summed E-state index contributed by atoms with van der Waals surface area (Å²) in [6.45, 7) is 0. The van der Waals surface area contributed by atoms with E-state index in [0.29, 0.717) is 11.5 Å². The lowest BCUT2D eigenvalue weighted by atomic mass is 10.3. The number of thioether (sulfide) groups is 1. The molecule has 0 saturated heterocycles. The van der Waals surface area contributed by atoms with Gasteiger partial charge in [-0.2, -0.15) is 0 Å². The van der Waals surface area contributed by atoms with Crippen molar-refractivity contribution in [2.24, 2.45) is 4.99 Å². The quantitative estimate of drug-likeness (QED) is 0.481. The van der Waals surface area contributed by atoms with E-state index in [1.807, 2.05) is 18.4 Å². The molecule has 5 nitrogen and oxygen atoms in total. The van der Waals surface area contributed by atoms with Gasteiger partial charge in [0.2, 0.25) is 0 Å². The Morgan fingerprint density at radius 1 is 1.05 bits per heavy atom. The molecule has 2 rings (SSSR count). The molecule has 0 unspecified atom stereocenters. The molecular formula is C14H15N3O2S. The minimum absolute atomic E-state index is 0.700. The molecule has 1 aromatic heterocycles. The molecule has 0 radical (unpaired) electrons. The largest absolute Gasteiger partial charge is 0.497 e. The van der Waals surface area contributed by atoms with Gasteiger partial charge in [0.25, 0.3) is 0 Å². The molecule has 0 aliphatic rings. The van der Waals surface area contributed by atoms with E-state index in [1.165, 1.54) is 11.8 Å². The van der Waals surface area contributed by atoms with E-state index in [-0.39, 0.29) is 0 Å². The number of aromatic nitrogens is 2. The number of rotatable bonds is 5. The van der Waals surface area contributed by atoms with Crippen LogP contribution in [-0.2, 0) is 0 Å². The van der Waals surface area contributed by atoms with Crippen LogP contribution >= 0.6 is 11.8 Å². The summed E-state index contributed by atoms with van der Waals surface area (Å²) in [6.07, 6.45) is 7.11. The van der Waals surface area contributed by atoms with E-state index < -0.39 is 0 Å². The highest BCUT2D eigenvalue weighted by Gasteiger charge is 2.00. The van der Waals surface area contributed by atoms with Gasteiger partial charge < -0.3 is 9.47 Å². The third-order valence-corrected chi connectivity index (χ3v) is 3.11. The average Bonchev–Trinajstić information content (AvgIpc) is 2.53. The van der Waals surface area contributed by atoms with Gasteiger partial charge in [-0.3, -0.25) is 4.99 Å². The Balaban J connectivity index is 2.21. The first-order chi connectivity index (χ1) is 9.75. The molecule has 0 aliphatic heterocycles. The summed E-state index contributed by atoms with van der Waals surface area (Å²) in [5.74, 6) is 1.40. The van der Waals surface area contributed by atoms with Gasteiger partial charge in [-0.05, 0) is 6.26 Å². The van der Waals surface area contributed by atoms with Crippen LogP contribution in [0.1, 0.15) is 5.56 Å². The maximum absolute atomic E-state index is 5.20. The number of ether oxygens (including phenoxy) is 2. The van der Waals surface area contributed by atoms with Crippen molar-refractivity contribution >= 4 is 23.7 Å². The van der Waals surface area contributed by atoms with Crippen molar-refractivity contribution in [1.29, 1.82) is 0 Å². The van der Waals surface area contributed by atoms with E-state index in [9.17, 15) is 0 Å². The molecule has 0 N–H and O–H groups in total. The third-order valence-electron chi connectivity index (χ3n) is 2.53. The van der Waals surface area contributed by atoms with Gasteiger partial charge in [0.05, 0.1) is 19.9 Å². The maximum atomic E-state index is 5.20. The molecule has 0 spiro atoms. The highest BCUT2D eigenvalue weighted by atomic mass is 32.2. The van der Waals surface area contributed by atoms with Crippen molar-refractivity contribution in [1.82, 2.24) is 9.97 Å². The number of methoxy groups -OCH3 is 2. The first-order valence-corrected chi connectivity index (χ1v) is 7.11. The molecule has 0 saturated carbocycles. The number of benzene rings is 1. The summed E-state index contributed by atoms with van der Waals surface area (Å²) in [7, 11) is 3.22. The lowest BCUT2D eigenvalue weighted by molar-refractivity contribution is 0.394. The zero-order valence-corrected chi connectivity index (χ0v) is 12.3. The SMILES string of the molecule is COc1cc(N=Cc2cnc(SC)nc2)cc(OC)c1. The smallest absolute Gasteiger partial charge is 0.187 e. The van der Waals surface area contributed by atoms with E-state index >= 15 is 0 Å². The number of hydrogen-bond acceptors (Lipinski definition) is 6. The summed E-state index contributed by atoms with van der Waals surface area (Å²) in [4.78, 5) is 12.8. The van der Waals surface area contributed by atoms with Gasteiger partial charge in [-0.1, -0.05) is 11.8 Å². The molecule has 0 aliphatic carbocycles. The second-order valence-corrected chi connectivity index (χ2v) is 4.61. The summed E-state index contributed by atoms with van der Waals surface area (Å²) < 4.78 is 10.4. The summed E-state index contributed by atoms with van der Waals surface area (Å²) in [6, 6.07) is 5.46. The Hall–Kier alpha value is -2.08. The number of nitrogens with zero attached hydrogens (tertiary/aromatic N) is 3. The molecule has 6 heteroatoms. The summed E-state index contributed by atoms with van der Waals surface area (Å²) >= 11 is 1.50. The predicted octanol–water partition coefficient (Wildman–Crippen LogP) is 2.97. The van der Waals surface area contributed by atoms with Gasteiger partial charge in [0.1, 0.15) is 11.5 Å². The van der Waals surface area contributed by atoms with Crippen LogP contribution in [0.5, 0.6) is 11.5 Å². The zero-order valence-electron chi connectivity index (χ0n) is 11.5. The van der Waals surface area contributed by atoms with E-state index in [4.69, 9.17) is 9.47 Å². The third kappa shape index (κ3) is 3.71. The molecule has 20 heavy (non-hydrogen) atoms. The Kier molecular flexibility index (Phi) is 4.95. The van der Waals surface area contributed by atoms with Crippen LogP contribution in [0.4, 0.5) is 5.69 Å². The molecule has 1 heterocycles.